The largest absolute Gasteiger partial charge is 0.287 e. The van der Waals surface area contributed by atoms with Crippen LogP contribution in [0, 0.1) is 22.0 Å². The van der Waals surface area contributed by atoms with Gasteiger partial charge in [-0.15, -0.1) is 0 Å². The molecule has 4 rings (SSSR count). The third kappa shape index (κ3) is 5.92. The van der Waals surface area contributed by atoms with Crippen LogP contribution in [0.25, 0.3) is 0 Å². The molecule has 6 nitrogen and oxygen atoms in total. The molecule has 158 valence electrons. The van der Waals surface area contributed by atoms with E-state index in [2.05, 4.69) is 23.8 Å². The first-order chi connectivity index (χ1) is 13.9. The predicted molar refractivity (Wildman–Crippen MR) is 115 cm³/mol. The van der Waals surface area contributed by atoms with E-state index in [-0.39, 0.29) is 11.4 Å². The van der Waals surface area contributed by atoms with Gasteiger partial charge in [0.05, 0.1) is 10.7 Å². The molecule has 0 amide bonds. The summed E-state index contributed by atoms with van der Waals surface area (Å²) in [7, 11) is -3.45. The van der Waals surface area contributed by atoms with Crippen LogP contribution in [0.2, 0.25) is 0 Å². The maximum absolute atomic E-state index is 12.7. The van der Waals surface area contributed by atoms with E-state index in [4.69, 9.17) is 0 Å². The molecular formula is C22H30N2O4S. The van der Waals surface area contributed by atoms with Crippen molar-refractivity contribution in [2.75, 3.05) is 5.75 Å². The number of fused-ring (bicyclic) bond motifs is 3. The number of hydrogen-bond acceptors (Lipinski definition) is 4. The fraction of sp³-hybridized carbons (Fsp3) is 0.545. The van der Waals surface area contributed by atoms with Crippen molar-refractivity contribution in [1.29, 1.82) is 0 Å². The van der Waals surface area contributed by atoms with Crippen LogP contribution in [0.15, 0.2) is 47.7 Å². The molecule has 3 aliphatic rings. The fourth-order valence-corrected chi connectivity index (χ4v) is 5.50. The number of hydrogen-bond donors (Lipinski definition) is 1. The quantitative estimate of drug-likeness (QED) is 0.254. The van der Waals surface area contributed by atoms with E-state index in [9.17, 15) is 18.5 Å². The van der Waals surface area contributed by atoms with Crippen LogP contribution >= 0.6 is 0 Å². The molecule has 0 aliphatic heterocycles. The summed E-state index contributed by atoms with van der Waals surface area (Å²) in [5, 5.41) is 10.7. The van der Waals surface area contributed by atoms with Crippen LogP contribution in [0.4, 0.5) is 5.69 Å². The van der Waals surface area contributed by atoms with Crippen molar-refractivity contribution in [3.63, 3.8) is 0 Å². The fourth-order valence-electron chi connectivity index (χ4n) is 4.30. The molecule has 0 aromatic heterocycles. The van der Waals surface area contributed by atoms with E-state index in [1.807, 2.05) is 0 Å². The van der Waals surface area contributed by atoms with Gasteiger partial charge in [-0.1, -0.05) is 44.1 Å². The SMILES string of the molecule is CCCCC=CC1CC2CCC1=C(NS(=O)(=O)CCc1ccc([N+](=O)[O-])cc1)C2. The van der Waals surface area contributed by atoms with Gasteiger partial charge in [0.1, 0.15) is 0 Å². The monoisotopic (exact) mass is 418 g/mol. The van der Waals surface area contributed by atoms with Crippen molar-refractivity contribution >= 4 is 15.7 Å². The zero-order chi connectivity index (χ0) is 20.9. The number of nitrogens with zero attached hydrogens (tertiary/aromatic N) is 1. The van der Waals surface area contributed by atoms with Crippen molar-refractivity contribution in [3.05, 3.63) is 63.4 Å². The van der Waals surface area contributed by atoms with Gasteiger partial charge in [0.2, 0.25) is 10.0 Å². The summed E-state index contributed by atoms with van der Waals surface area (Å²) >= 11 is 0. The number of sulfonamides is 1. The summed E-state index contributed by atoms with van der Waals surface area (Å²) in [6.45, 7) is 2.18. The highest BCUT2D eigenvalue weighted by Crippen LogP contribution is 2.44. The standard InChI is InChI=1S/C22H30N2O4S/c1-2-3-4-5-6-19-15-18-9-12-21(19)22(16-18)23-29(27,28)14-13-17-7-10-20(11-8-17)24(25)26/h5-8,10-11,18-19,23H,2-4,9,12-16H2,1H3. The number of benzene rings is 1. The highest BCUT2D eigenvalue weighted by Gasteiger charge is 2.34. The van der Waals surface area contributed by atoms with Gasteiger partial charge in [-0.3, -0.25) is 14.8 Å². The Morgan fingerprint density at radius 2 is 2.03 bits per heavy atom. The van der Waals surface area contributed by atoms with E-state index >= 15 is 0 Å². The van der Waals surface area contributed by atoms with Gasteiger partial charge >= 0.3 is 0 Å². The van der Waals surface area contributed by atoms with Crippen LogP contribution in [-0.2, 0) is 16.4 Å². The Balaban J connectivity index is 1.63. The van der Waals surface area contributed by atoms with Gasteiger partial charge in [0.15, 0.2) is 0 Å². The molecule has 0 spiro atoms. The molecule has 2 atom stereocenters. The predicted octanol–water partition coefficient (Wildman–Crippen LogP) is 4.88. The maximum atomic E-state index is 12.7. The van der Waals surface area contributed by atoms with Gasteiger partial charge in [-0.2, -0.15) is 0 Å². The zero-order valence-electron chi connectivity index (χ0n) is 17.0. The first-order valence-electron chi connectivity index (χ1n) is 10.5. The van der Waals surface area contributed by atoms with Gasteiger partial charge in [-0.05, 0) is 61.5 Å². The number of nitro benzene ring substituents is 1. The van der Waals surface area contributed by atoms with Crippen LogP contribution in [-0.4, -0.2) is 19.1 Å². The van der Waals surface area contributed by atoms with Crippen molar-refractivity contribution < 1.29 is 13.3 Å². The second kappa shape index (κ2) is 9.57. The zero-order valence-corrected chi connectivity index (χ0v) is 17.8. The van der Waals surface area contributed by atoms with E-state index in [0.717, 1.165) is 43.4 Å². The van der Waals surface area contributed by atoms with Crippen LogP contribution in [0.5, 0.6) is 0 Å². The lowest BCUT2D eigenvalue weighted by Crippen LogP contribution is -2.35. The summed E-state index contributed by atoms with van der Waals surface area (Å²) in [5.41, 5.74) is 2.96. The summed E-state index contributed by atoms with van der Waals surface area (Å²) in [6, 6.07) is 6.07. The molecule has 2 bridgehead atoms. The van der Waals surface area contributed by atoms with Gasteiger partial charge in [0.25, 0.3) is 5.69 Å². The van der Waals surface area contributed by atoms with Gasteiger partial charge in [-0.25, -0.2) is 8.42 Å². The summed E-state index contributed by atoms with van der Waals surface area (Å²) < 4.78 is 28.2. The lowest BCUT2D eigenvalue weighted by atomic mass is 9.69. The summed E-state index contributed by atoms with van der Waals surface area (Å²) in [6.07, 6.45) is 12.4. The molecule has 3 aliphatic carbocycles. The number of nitrogens with one attached hydrogen (secondary N) is 1. The molecule has 29 heavy (non-hydrogen) atoms. The molecule has 7 heteroatoms. The minimum absolute atomic E-state index is 0.0120. The van der Waals surface area contributed by atoms with Crippen molar-refractivity contribution in [3.8, 4) is 0 Å². The van der Waals surface area contributed by atoms with Crippen molar-refractivity contribution in [1.82, 2.24) is 4.72 Å². The Kier molecular flexibility index (Phi) is 7.11. The minimum atomic E-state index is -3.45. The maximum Gasteiger partial charge on any atom is 0.269 e. The molecule has 2 unspecified atom stereocenters. The van der Waals surface area contributed by atoms with Crippen molar-refractivity contribution in [2.24, 2.45) is 11.8 Å². The number of allylic oxidation sites excluding steroid dienone is 4. The lowest BCUT2D eigenvalue weighted by Gasteiger charge is -2.38. The Labute approximate surface area is 173 Å². The molecule has 1 saturated carbocycles. The smallest absolute Gasteiger partial charge is 0.269 e. The Hall–Kier alpha value is -2.15. The Morgan fingerprint density at radius 1 is 1.28 bits per heavy atom. The van der Waals surface area contributed by atoms with Gasteiger partial charge in [0, 0.05) is 17.8 Å². The summed E-state index contributed by atoms with van der Waals surface area (Å²) in [5.74, 6) is 0.899. The van der Waals surface area contributed by atoms with Crippen LogP contribution < -0.4 is 4.72 Å². The third-order valence-electron chi connectivity index (χ3n) is 5.92. The lowest BCUT2D eigenvalue weighted by molar-refractivity contribution is -0.384. The molecule has 0 saturated heterocycles. The van der Waals surface area contributed by atoms with E-state index in [1.165, 1.54) is 30.5 Å². The van der Waals surface area contributed by atoms with E-state index in [0.29, 0.717) is 18.3 Å². The average Bonchev–Trinajstić information content (AvgIpc) is 2.70. The second-order valence-electron chi connectivity index (χ2n) is 8.12. The number of unbranched alkanes of at least 4 members (excludes halogenated alkanes) is 2. The number of aryl methyl sites for hydroxylation is 1. The Bertz CT molecular complexity index is 888. The van der Waals surface area contributed by atoms with Crippen LogP contribution in [0.1, 0.15) is 57.4 Å². The highest BCUT2D eigenvalue weighted by molar-refractivity contribution is 7.89. The number of nitro groups is 1. The third-order valence-corrected chi connectivity index (χ3v) is 7.21. The number of rotatable bonds is 10. The molecule has 1 aromatic rings. The molecule has 1 fully saturated rings. The molecule has 0 heterocycles. The highest BCUT2D eigenvalue weighted by atomic mass is 32.2. The molecular weight excluding hydrogens is 388 g/mol. The molecule has 0 radical (unpaired) electrons. The normalized spacial score (nSPS) is 21.7. The Morgan fingerprint density at radius 3 is 2.69 bits per heavy atom. The van der Waals surface area contributed by atoms with Crippen molar-refractivity contribution in [2.45, 2.75) is 58.3 Å². The molecule has 1 aromatic carbocycles. The summed E-state index contributed by atoms with van der Waals surface area (Å²) in [4.78, 5) is 10.3. The molecule has 1 N–H and O–H groups in total. The first-order valence-corrected chi connectivity index (χ1v) is 12.2. The van der Waals surface area contributed by atoms with E-state index in [1.54, 1.807) is 12.1 Å². The van der Waals surface area contributed by atoms with Crippen LogP contribution in [0.3, 0.4) is 0 Å². The minimum Gasteiger partial charge on any atom is -0.287 e. The average molecular weight is 419 g/mol. The topological polar surface area (TPSA) is 89.3 Å². The van der Waals surface area contributed by atoms with E-state index < -0.39 is 14.9 Å². The second-order valence-corrected chi connectivity index (χ2v) is 9.96. The van der Waals surface area contributed by atoms with Gasteiger partial charge < -0.3 is 0 Å². The number of non-ortho nitro benzene ring substituents is 1. The first kappa shape index (κ1) is 21.6.